The van der Waals surface area contributed by atoms with Crippen molar-refractivity contribution < 1.29 is 13.6 Å². The van der Waals surface area contributed by atoms with Crippen LogP contribution in [-0.4, -0.2) is 35.6 Å². The van der Waals surface area contributed by atoms with E-state index in [4.69, 9.17) is 10.9 Å². The second kappa shape index (κ2) is 6.36. The number of hydrogen-bond donors (Lipinski definition) is 3. The van der Waals surface area contributed by atoms with Crippen molar-refractivity contribution >= 4 is 15.9 Å². The zero-order chi connectivity index (χ0) is 13.6. The maximum Gasteiger partial charge on any atom is 0.259 e. The van der Waals surface area contributed by atoms with Crippen LogP contribution < -0.4 is 10.5 Å². The van der Waals surface area contributed by atoms with Crippen LogP contribution in [0, 0.1) is 0 Å². The molecule has 0 saturated heterocycles. The van der Waals surface area contributed by atoms with Gasteiger partial charge in [0.05, 0.1) is 6.33 Å². The molecule has 0 aliphatic carbocycles. The van der Waals surface area contributed by atoms with Crippen LogP contribution in [0.1, 0.15) is 19.3 Å². The Morgan fingerprint density at radius 1 is 1.61 bits per heavy atom. The van der Waals surface area contributed by atoms with Crippen LogP contribution in [0.4, 0.5) is 0 Å². The molecule has 0 aliphatic rings. The van der Waals surface area contributed by atoms with Gasteiger partial charge in [0.2, 0.25) is 0 Å². The highest BCUT2D eigenvalue weighted by atomic mass is 32.2. The minimum atomic E-state index is -3.54. The molecular formula is C9H17N5O3S. The molecule has 102 valence electrons. The van der Waals surface area contributed by atoms with Gasteiger partial charge in [-0.25, -0.2) is 18.1 Å². The Balaban J connectivity index is 2.35. The number of unbranched alkanes of at least 4 members (excludes halogenated alkanes) is 1. The van der Waals surface area contributed by atoms with Crippen molar-refractivity contribution in [2.24, 2.45) is 17.9 Å². The Kier molecular flexibility index (Phi) is 5.10. The van der Waals surface area contributed by atoms with E-state index in [1.807, 2.05) is 0 Å². The predicted octanol–water partition coefficient (Wildman–Crippen LogP) is -0.385. The highest BCUT2D eigenvalue weighted by molar-refractivity contribution is 7.89. The van der Waals surface area contributed by atoms with Gasteiger partial charge in [0.15, 0.2) is 5.03 Å². The van der Waals surface area contributed by atoms with Crippen LogP contribution in [0.2, 0.25) is 0 Å². The van der Waals surface area contributed by atoms with Crippen molar-refractivity contribution in [3.63, 3.8) is 0 Å². The lowest BCUT2D eigenvalue weighted by atomic mass is 10.2. The monoisotopic (exact) mass is 275 g/mol. The van der Waals surface area contributed by atoms with E-state index >= 15 is 0 Å². The lowest BCUT2D eigenvalue weighted by Gasteiger charge is -2.03. The standard InChI is InChI=1S/C9H17N5O3S/c1-14-6-9(11-7-14)18(16,17)12-5-3-2-4-8(10)13-15/h6-7,12,15H,2-5H2,1H3,(H2,10,13). The number of oxime groups is 1. The fourth-order valence-corrected chi connectivity index (χ4v) is 2.34. The second-order valence-electron chi connectivity index (χ2n) is 3.82. The van der Waals surface area contributed by atoms with E-state index in [-0.39, 0.29) is 17.4 Å². The molecule has 1 rings (SSSR count). The van der Waals surface area contributed by atoms with Gasteiger partial charge in [-0.15, -0.1) is 0 Å². The first-order valence-corrected chi connectivity index (χ1v) is 6.88. The normalized spacial score (nSPS) is 12.8. The van der Waals surface area contributed by atoms with Crippen LogP contribution in [-0.2, 0) is 17.1 Å². The van der Waals surface area contributed by atoms with Crippen molar-refractivity contribution in [1.82, 2.24) is 14.3 Å². The zero-order valence-corrected chi connectivity index (χ0v) is 10.9. The van der Waals surface area contributed by atoms with Gasteiger partial charge in [0, 0.05) is 26.2 Å². The molecule has 0 unspecified atom stereocenters. The summed E-state index contributed by atoms with van der Waals surface area (Å²) < 4.78 is 27.4. The Morgan fingerprint density at radius 2 is 2.33 bits per heavy atom. The van der Waals surface area contributed by atoms with Gasteiger partial charge < -0.3 is 15.5 Å². The van der Waals surface area contributed by atoms with Gasteiger partial charge in [-0.2, -0.15) is 0 Å². The third-order valence-electron chi connectivity index (χ3n) is 2.24. The smallest absolute Gasteiger partial charge is 0.259 e. The molecule has 0 saturated carbocycles. The number of sulfonamides is 1. The van der Waals surface area contributed by atoms with E-state index in [0.29, 0.717) is 19.3 Å². The number of nitrogens with two attached hydrogens (primary N) is 1. The van der Waals surface area contributed by atoms with Crippen molar-refractivity contribution in [3.05, 3.63) is 12.5 Å². The van der Waals surface area contributed by atoms with E-state index in [1.165, 1.54) is 12.5 Å². The fourth-order valence-electron chi connectivity index (χ4n) is 1.29. The maximum absolute atomic E-state index is 11.7. The number of nitrogens with one attached hydrogen (secondary N) is 1. The number of amidine groups is 1. The molecule has 0 bridgehead atoms. The maximum atomic E-state index is 11.7. The Morgan fingerprint density at radius 3 is 2.89 bits per heavy atom. The summed E-state index contributed by atoms with van der Waals surface area (Å²) in [5.74, 6) is 0.141. The first-order chi connectivity index (χ1) is 8.45. The molecule has 1 heterocycles. The van der Waals surface area contributed by atoms with E-state index in [9.17, 15) is 8.42 Å². The molecule has 0 aliphatic heterocycles. The molecule has 18 heavy (non-hydrogen) atoms. The van der Waals surface area contributed by atoms with Crippen molar-refractivity contribution in [3.8, 4) is 0 Å². The van der Waals surface area contributed by atoms with Crippen LogP contribution in [0.15, 0.2) is 22.7 Å². The van der Waals surface area contributed by atoms with E-state index in [2.05, 4.69) is 14.9 Å². The third-order valence-corrected chi connectivity index (χ3v) is 3.58. The number of aromatic nitrogens is 2. The molecule has 4 N–H and O–H groups in total. The molecule has 0 aromatic carbocycles. The molecule has 1 aromatic heterocycles. The first-order valence-electron chi connectivity index (χ1n) is 5.40. The van der Waals surface area contributed by atoms with Crippen LogP contribution in [0.5, 0.6) is 0 Å². The van der Waals surface area contributed by atoms with Crippen molar-refractivity contribution in [2.45, 2.75) is 24.3 Å². The first kappa shape index (κ1) is 14.5. The fraction of sp³-hybridized carbons (Fsp3) is 0.556. The van der Waals surface area contributed by atoms with Crippen LogP contribution in [0.25, 0.3) is 0 Å². The van der Waals surface area contributed by atoms with Crippen molar-refractivity contribution in [1.29, 1.82) is 0 Å². The summed E-state index contributed by atoms with van der Waals surface area (Å²) in [6, 6.07) is 0. The third kappa shape index (κ3) is 4.34. The number of rotatable bonds is 7. The van der Waals surface area contributed by atoms with Crippen LogP contribution >= 0.6 is 0 Å². The summed E-state index contributed by atoms with van der Waals surface area (Å²) in [7, 11) is -1.84. The molecular weight excluding hydrogens is 258 g/mol. The van der Waals surface area contributed by atoms with Crippen molar-refractivity contribution in [2.75, 3.05) is 6.54 Å². The zero-order valence-electron chi connectivity index (χ0n) is 10.1. The summed E-state index contributed by atoms with van der Waals surface area (Å²) in [4.78, 5) is 3.77. The Labute approximate surface area is 106 Å². The van der Waals surface area contributed by atoms with Gasteiger partial charge in [-0.05, 0) is 12.8 Å². The second-order valence-corrected chi connectivity index (χ2v) is 5.54. The minimum absolute atomic E-state index is 0.00133. The summed E-state index contributed by atoms with van der Waals surface area (Å²) in [6.45, 7) is 0.289. The molecule has 0 spiro atoms. The SMILES string of the molecule is Cn1cnc(S(=O)(=O)NCCCCC(N)=NO)c1. The minimum Gasteiger partial charge on any atom is -0.409 e. The summed E-state index contributed by atoms with van der Waals surface area (Å²) >= 11 is 0. The van der Waals surface area contributed by atoms with Crippen LogP contribution in [0.3, 0.4) is 0 Å². The quantitative estimate of drug-likeness (QED) is 0.206. The Bertz CT molecular complexity index is 508. The van der Waals surface area contributed by atoms with E-state index in [0.717, 1.165) is 0 Å². The summed E-state index contributed by atoms with van der Waals surface area (Å²) in [5, 5.41) is 11.1. The van der Waals surface area contributed by atoms with Gasteiger partial charge in [-0.1, -0.05) is 5.16 Å². The summed E-state index contributed by atoms with van der Waals surface area (Å²) in [6.07, 6.45) is 4.52. The molecule has 1 aromatic rings. The lowest BCUT2D eigenvalue weighted by Crippen LogP contribution is -2.25. The van der Waals surface area contributed by atoms with Gasteiger partial charge in [0.1, 0.15) is 5.84 Å². The van der Waals surface area contributed by atoms with Gasteiger partial charge in [-0.3, -0.25) is 0 Å². The summed E-state index contributed by atoms with van der Waals surface area (Å²) in [5.41, 5.74) is 5.28. The molecule has 8 nitrogen and oxygen atoms in total. The topological polar surface area (TPSA) is 123 Å². The average Bonchev–Trinajstić information content (AvgIpc) is 2.75. The van der Waals surface area contributed by atoms with E-state index < -0.39 is 10.0 Å². The highest BCUT2D eigenvalue weighted by Gasteiger charge is 2.15. The van der Waals surface area contributed by atoms with Gasteiger partial charge >= 0.3 is 0 Å². The molecule has 0 radical (unpaired) electrons. The number of aryl methyl sites for hydroxylation is 1. The highest BCUT2D eigenvalue weighted by Crippen LogP contribution is 2.04. The van der Waals surface area contributed by atoms with Gasteiger partial charge in [0.25, 0.3) is 10.0 Å². The molecule has 9 heteroatoms. The average molecular weight is 275 g/mol. The number of nitrogens with zero attached hydrogens (tertiary/aromatic N) is 3. The Hall–Kier alpha value is -1.61. The largest absolute Gasteiger partial charge is 0.409 e. The molecule has 0 fully saturated rings. The van der Waals surface area contributed by atoms with E-state index in [1.54, 1.807) is 11.6 Å². The number of imidazole rings is 1. The number of hydrogen-bond acceptors (Lipinski definition) is 5. The predicted molar refractivity (Wildman–Crippen MR) is 65.7 cm³/mol. The molecule has 0 amide bonds. The lowest BCUT2D eigenvalue weighted by molar-refractivity contribution is 0.316. The molecule has 0 atom stereocenters.